The van der Waals surface area contributed by atoms with Gasteiger partial charge in [-0.25, -0.2) is 4.98 Å². The third-order valence-corrected chi connectivity index (χ3v) is 2.75. The van der Waals surface area contributed by atoms with Crippen LogP contribution in [0.2, 0.25) is 0 Å². The van der Waals surface area contributed by atoms with Crippen LogP contribution < -0.4 is 4.74 Å². The van der Waals surface area contributed by atoms with Crippen LogP contribution in [0.4, 0.5) is 0 Å². The highest BCUT2D eigenvalue weighted by molar-refractivity contribution is 5.71. The zero-order chi connectivity index (χ0) is 13.1. The van der Waals surface area contributed by atoms with Gasteiger partial charge in [0.05, 0.1) is 13.0 Å². The molecular formula is C13H19NO3. The van der Waals surface area contributed by atoms with E-state index in [-0.39, 0.29) is 5.41 Å². The largest absolute Gasteiger partial charge is 0.481 e. The molecule has 0 bridgehead atoms. The van der Waals surface area contributed by atoms with Gasteiger partial charge in [0.2, 0.25) is 5.88 Å². The highest BCUT2D eigenvalue weighted by atomic mass is 16.5. The maximum Gasteiger partial charge on any atom is 0.307 e. The Morgan fingerprint density at radius 3 is 2.59 bits per heavy atom. The number of hydrogen-bond donors (Lipinski definition) is 1. The average molecular weight is 237 g/mol. The topological polar surface area (TPSA) is 59.4 Å². The van der Waals surface area contributed by atoms with Gasteiger partial charge in [0.25, 0.3) is 0 Å². The Balaban J connectivity index is 2.90. The second kappa shape index (κ2) is 5.17. The van der Waals surface area contributed by atoms with Gasteiger partial charge in [-0.1, -0.05) is 26.8 Å². The number of methoxy groups -OCH3 is 1. The van der Waals surface area contributed by atoms with Gasteiger partial charge in [0.15, 0.2) is 0 Å². The highest BCUT2D eigenvalue weighted by Crippen LogP contribution is 2.29. The summed E-state index contributed by atoms with van der Waals surface area (Å²) in [5.74, 6) is -0.732. The molecule has 1 aromatic heterocycles. The molecule has 0 saturated carbocycles. The normalized spacial score (nSPS) is 13.2. The number of carboxylic acids is 1. The molecule has 0 aliphatic heterocycles. The summed E-state index contributed by atoms with van der Waals surface area (Å²) in [6.45, 7) is 5.77. The lowest BCUT2D eigenvalue weighted by Crippen LogP contribution is -2.30. The van der Waals surface area contributed by atoms with E-state index >= 15 is 0 Å². The summed E-state index contributed by atoms with van der Waals surface area (Å²) in [4.78, 5) is 15.5. The molecule has 1 atom stereocenters. The number of aliphatic carboxylic acids is 1. The first kappa shape index (κ1) is 13.5. The second-order valence-electron chi connectivity index (χ2n) is 5.13. The maximum absolute atomic E-state index is 11.2. The molecule has 1 aromatic rings. The Bertz CT molecular complexity index is 396. The van der Waals surface area contributed by atoms with Crippen molar-refractivity contribution in [1.29, 1.82) is 0 Å². The number of nitrogens with zero attached hydrogens (tertiary/aromatic N) is 1. The van der Waals surface area contributed by atoms with Crippen molar-refractivity contribution >= 4 is 5.97 Å². The molecule has 1 unspecified atom stereocenters. The number of pyridine rings is 1. The zero-order valence-electron chi connectivity index (χ0n) is 10.7. The molecule has 0 radical (unpaired) electrons. The molecule has 1 rings (SSSR count). The lowest BCUT2D eigenvalue weighted by Gasteiger charge is -2.26. The van der Waals surface area contributed by atoms with E-state index in [0.717, 1.165) is 5.69 Å². The van der Waals surface area contributed by atoms with Crippen LogP contribution in [-0.2, 0) is 11.2 Å². The Labute approximate surface area is 102 Å². The average Bonchev–Trinajstić information content (AvgIpc) is 2.24. The predicted molar refractivity (Wildman–Crippen MR) is 65.1 cm³/mol. The minimum Gasteiger partial charge on any atom is -0.481 e. The molecule has 0 aliphatic rings. The summed E-state index contributed by atoms with van der Waals surface area (Å²) in [6.07, 6.45) is 0.413. The maximum atomic E-state index is 11.2. The summed E-state index contributed by atoms with van der Waals surface area (Å²) >= 11 is 0. The molecule has 0 amide bonds. The third-order valence-electron chi connectivity index (χ3n) is 2.75. The van der Waals surface area contributed by atoms with E-state index in [1.54, 1.807) is 13.2 Å². The first-order chi connectivity index (χ1) is 7.84. The molecule has 1 heterocycles. The Hall–Kier alpha value is -1.58. The van der Waals surface area contributed by atoms with Gasteiger partial charge < -0.3 is 9.84 Å². The molecule has 0 aliphatic carbocycles. The van der Waals surface area contributed by atoms with Crippen LogP contribution >= 0.6 is 0 Å². The molecule has 0 fully saturated rings. The minimum atomic E-state index is -0.790. The molecule has 0 spiro atoms. The van der Waals surface area contributed by atoms with E-state index in [1.165, 1.54) is 0 Å². The zero-order valence-corrected chi connectivity index (χ0v) is 10.7. The van der Waals surface area contributed by atoms with E-state index in [4.69, 9.17) is 4.74 Å². The van der Waals surface area contributed by atoms with Gasteiger partial charge in [-0.15, -0.1) is 0 Å². The van der Waals surface area contributed by atoms with E-state index in [0.29, 0.717) is 12.3 Å². The second-order valence-corrected chi connectivity index (χ2v) is 5.13. The molecule has 0 saturated heterocycles. The van der Waals surface area contributed by atoms with Gasteiger partial charge in [-0.05, 0) is 11.5 Å². The van der Waals surface area contributed by atoms with Gasteiger partial charge in [0, 0.05) is 18.2 Å². The van der Waals surface area contributed by atoms with Crippen LogP contribution in [0.5, 0.6) is 5.88 Å². The predicted octanol–water partition coefficient (Wildman–Crippen LogP) is 2.38. The van der Waals surface area contributed by atoms with Gasteiger partial charge in [-0.3, -0.25) is 4.79 Å². The van der Waals surface area contributed by atoms with Crippen molar-refractivity contribution in [3.05, 3.63) is 23.9 Å². The number of rotatable bonds is 4. The van der Waals surface area contributed by atoms with E-state index < -0.39 is 11.9 Å². The summed E-state index contributed by atoms with van der Waals surface area (Å²) in [7, 11) is 1.55. The van der Waals surface area contributed by atoms with Crippen LogP contribution in [0.1, 0.15) is 26.5 Å². The van der Waals surface area contributed by atoms with Crippen molar-refractivity contribution in [3.63, 3.8) is 0 Å². The molecule has 4 heteroatoms. The number of carboxylic acid groups (broad SMARTS) is 1. The Kier molecular flexibility index (Phi) is 4.10. The third kappa shape index (κ3) is 3.73. The number of aromatic nitrogens is 1. The van der Waals surface area contributed by atoms with Crippen LogP contribution in [0.3, 0.4) is 0 Å². The minimum absolute atomic E-state index is 0.295. The standard InChI is InChI=1S/C13H19NO3/c1-13(2,3)10(12(15)16)8-9-6-5-7-11(14-9)17-4/h5-7,10H,8H2,1-4H3,(H,15,16). The van der Waals surface area contributed by atoms with Crippen molar-refractivity contribution in [2.75, 3.05) is 7.11 Å². The molecule has 94 valence electrons. The van der Waals surface area contributed by atoms with E-state index in [9.17, 15) is 9.90 Å². The van der Waals surface area contributed by atoms with Crippen LogP contribution in [-0.4, -0.2) is 23.2 Å². The smallest absolute Gasteiger partial charge is 0.307 e. The van der Waals surface area contributed by atoms with Crippen molar-refractivity contribution in [3.8, 4) is 5.88 Å². The van der Waals surface area contributed by atoms with Crippen molar-refractivity contribution in [1.82, 2.24) is 4.98 Å². The van der Waals surface area contributed by atoms with Crippen molar-refractivity contribution in [2.45, 2.75) is 27.2 Å². The van der Waals surface area contributed by atoms with Gasteiger partial charge in [0.1, 0.15) is 0 Å². The van der Waals surface area contributed by atoms with Crippen molar-refractivity contribution < 1.29 is 14.6 Å². The molecule has 4 nitrogen and oxygen atoms in total. The number of carbonyl (C=O) groups is 1. The molecular weight excluding hydrogens is 218 g/mol. The lowest BCUT2D eigenvalue weighted by molar-refractivity contribution is -0.145. The van der Waals surface area contributed by atoms with Crippen LogP contribution in [0.25, 0.3) is 0 Å². The van der Waals surface area contributed by atoms with Gasteiger partial charge in [-0.2, -0.15) is 0 Å². The van der Waals surface area contributed by atoms with Crippen LogP contribution in [0.15, 0.2) is 18.2 Å². The van der Waals surface area contributed by atoms with E-state index in [1.807, 2.05) is 32.9 Å². The Morgan fingerprint density at radius 1 is 1.47 bits per heavy atom. The number of hydrogen-bond acceptors (Lipinski definition) is 3. The molecule has 1 N–H and O–H groups in total. The monoisotopic (exact) mass is 237 g/mol. The van der Waals surface area contributed by atoms with E-state index in [2.05, 4.69) is 4.98 Å². The quantitative estimate of drug-likeness (QED) is 0.873. The fraction of sp³-hybridized carbons (Fsp3) is 0.538. The molecule has 0 aromatic carbocycles. The summed E-state index contributed by atoms with van der Waals surface area (Å²) in [5.41, 5.74) is 0.447. The van der Waals surface area contributed by atoms with Gasteiger partial charge >= 0.3 is 5.97 Å². The fourth-order valence-electron chi connectivity index (χ4n) is 1.66. The number of ether oxygens (including phenoxy) is 1. The SMILES string of the molecule is COc1cccc(CC(C(=O)O)C(C)(C)C)n1. The lowest BCUT2D eigenvalue weighted by atomic mass is 9.78. The summed E-state index contributed by atoms with van der Waals surface area (Å²) in [5, 5.41) is 9.24. The highest BCUT2D eigenvalue weighted by Gasteiger charge is 2.31. The fourth-order valence-corrected chi connectivity index (χ4v) is 1.66. The first-order valence-corrected chi connectivity index (χ1v) is 5.57. The summed E-state index contributed by atoms with van der Waals surface area (Å²) < 4.78 is 5.02. The Morgan fingerprint density at radius 2 is 2.12 bits per heavy atom. The van der Waals surface area contributed by atoms with Crippen molar-refractivity contribution in [2.24, 2.45) is 11.3 Å². The van der Waals surface area contributed by atoms with Crippen LogP contribution in [0, 0.1) is 11.3 Å². The summed E-state index contributed by atoms with van der Waals surface area (Å²) in [6, 6.07) is 5.39. The first-order valence-electron chi connectivity index (χ1n) is 5.57. The molecule has 17 heavy (non-hydrogen) atoms.